The average Bonchev–Trinajstić information content (AvgIpc) is 3.13. The van der Waals surface area contributed by atoms with Gasteiger partial charge in [0.05, 0.1) is 12.2 Å². The molecule has 9 heteroatoms. The molecule has 8 nitrogen and oxygen atoms in total. The Morgan fingerprint density at radius 3 is 2.62 bits per heavy atom. The minimum absolute atomic E-state index is 0. The zero-order valence-electron chi connectivity index (χ0n) is 14.5. The van der Waals surface area contributed by atoms with E-state index in [1.54, 1.807) is 29.9 Å². The van der Waals surface area contributed by atoms with E-state index in [4.69, 9.17) is 0 Å². The van der Waals surface area contributed by atoms with Crippen molar-refractivity contribution in [1.82, 2.24) is 25.6 Å². The van der Waals surface area contributed by atoms with Crippen LogP contribution in [0.4, 0.5) is 5.69 Å². The van der Waals surface area contributed by atoms with E-state index in [0.29, 0.717) is 5.69 Å². The summed E-state index contributed by atoms with van der Waals surface area (Å²) >= 11 is 0. The number of nitrogens with one attached hydrogen (secondary N) is 3. The van der Waals surface area contributed by atoms with E-state index in [0.717, 1.165) is 25.9 Å². The molecule has 2 heterocycles. The maximum atomic E-state index is 12.3. The van der Waals surface area contributed by atoms with E-state index in [1.165, 1.54) is 0 Å². The SMILES string of the molecule is CC(NC(=O)c1cn(C2CCNCC2)nn1)C(=O)Nc1ccccc1.Cl. The molecule has 1 aromatic carbocycles. The van der Waals surface area contributed by atoms with Crippen molar-refractivity contribution in [3.05, 3.63) is 42.2 Å². The maximum Gasteiger partial charge on any atom is 0.274 e. The fourth-order valence-electron chi connectivity index (χ4n) is 2.74. The molecule has 26 heavy (non-hydrogen) atoms. The number of benzene rings is 1. The van der Waals surface area contributed by atoms with Crippen molar-refractivity contribution in [2.75, 3.05) is 18.4 Å². The van der Waals surface area contributed by atoms with Gasteiger partial charge >= 0.3 is 0 Å². The van der Waals surface area contributed by atoms with Crippen LogP contribution in [-0.4, -0.2) is 45.9 Å². The molecule has 0 saturated carbocycles. The second-order valence-corrected chi connectivity index (χ2v) is 6.12. The first-order valence-corrected chi connectivity index (χ1v) is 8.43. The van der Waals surface area contributed by atoms with E-state index in [-0.39, 0.29) is 30.0 Å². The quantitative estimate of drug-likeness (QED) is 0.729. The first kappa shape index (κ1) is 19.9. The molecule has 1 atom stereocenters. The molecule has 0 radical (unpaired) electrons. The topological polar surface area (TPSA) is 101 Å². The van der Waals surface area contributed by atoms with Crippen LogP contribution >= 0.6 is 12.4 Å². The van der Waals surface area contributed by atoms with Crippen LogP contribution in [-0.2, 0) is 4.79 Å². The summed E-state index contributed by atoms with van der Waals surface area (Å²) in [7, 11) is 0. The van der Waals surface area contributed by atoms with Crippen molar-refractivity contribution in [2.45, 2.75) is 31.8 Å². The molecule has 3 N–H and O–H groups in total. The molecule has 1 aliphatic heterocycles. The zero-order chi connectivity index (χ0) is 17.6. The monoisotopic (exact) mass is 378 g/mol. The van der Waals surface area contributed by atoms with E-state index >= 15 is 0 Å². The molecule has 1 aromatic heterocycles. The Hall–Kier alpha value is -2.45. The molecule has 2 aromatic rings. The molecule has 140 valence electrons. The third-order valence-corrected chi connectivity index (χ3v) is 4.21. The van der Waals surface area contributed by atoms with Gasteiger partial charge in [-0.1, -0.05) is 23.4 Å². The van der Waals surface area contributed by atoms with Crippen LogP contribution in [0, 0.1) is 0 Å². The van der Waals surface area contributed by atoms with Gasteiger partial charge in [0.25, 0.3) is 5.91 Å². The summed E-state index contributed by atoms with van der Waals surface area (Å²) in [5.74, 6) is -0.693. The molecule has 0 aliphatic carbocycles. The van der Waals surface area contributed by atoms with Crippen molar-refractivity contribution in [2.24, 2.45) is 0 Å². The number of piperidine rings is 1. The zero-order valence-corrected chi connectivity index (χ0v) is 15.3. The lowest BCUT2D eigenvalue weighted by Crippen LogP contribution is -2.41. The van der Waals surface area contributed by atoms with Crippen molar-refractivity contribution in [3.8, 4) is 0 Å². The Bertz CT molecular complexity index is 730. The van der Waals surface area contributed by atoms with E-state index in [9.17, 15) is 9.59 Å². The van der Waals surface area contributed by atoms with Crippen molar-refractivity contribution in [3.63, 3.8) is 0 Å². The molecule has 0 spiro atoms. The average molecular weight is 379 g/mol. The summed E-state index contributed by atoms with van der Waals surface area (Å²) in [6, 6.07) is 8.68. The summed E-state index contributed by atoms with van der Waals surface area (Å²) in [6.07, 6.45) is 3.56. The smallest absolute Gasteiger partial charge is 0.274 e. The van der Waals surface area contributed by atoms with Gasteiger partial charge in [0.2, 0.25) is 5.91 Å². The number of nitrogens with zero attached hydrogens (tertiary/aromatic N) is 3. The van der Waals surface area contributed by atoms with Crippen LogP contribution in [0.3, 0.4) is 0 Å². The van der Waals surface area contributed by atoms with Gasteiger partial charge in [0.1, 0.15) is 6.04 Å². The lowest BCUT2D eigenvalue weighted by atomic mass is 10.1. The van der Waals surface area contributed by atoms with Crippen molar-refractivity contribution in [1.29, 1.82) is 0 Å². The summed E-state index contributed by atoms with van der Waals surface area (Å²) in [5, 5.41) is 16.7. The number of amides is 2. The number of hydrogen-bond donors (Lipinski definition) is 3. The molecule has 0 bridgehead atoms. The third kappa shape index (κ3) is 5.03. The number of hydrogen-bond acceptors (Lipinski definition) is 5. The standard InChI is InChI=1S/C17H22N6O2.ClH/c1-12(16(24)20-13-5-3-2-4-6-13)19-17(25)15-11-23(22-21-15)14-7-9-18-10-8-14;/h2-6,11-12,14,18H,7-10H2,1H3,(H,19,25)(H,20,24);1H. The lowest BCUT2D eigenvalue weighted by molar-refractivity contribution is -0.117. The molecule has 2 amide bonds. The molecule has 1 fully saturated rings. The molecule has 3 rings (SSSR count). The lowest BCUT2D eigenvalue weighted by Gasteiger charge is -2.22. The van der Waals surface area contributed by atoms with Gasteiger partial charge < -0.3 is 16.0 Å². The van der Waals surface area contributed by atoms with Gasteiger partial charge in [-0.05, 0) is 45.0 Å². The van der Waals surface area contributed by atoms with E-state index in [1.807, 2.05) is 18.2 Å². The number of carbonyl (C=O) groups excluding carboxylic acids is 2. The van der Waals surface area contributed by atoms with Crippen LogP contribution in [0.25, 0.3) is 0 Å². The first-order valence-electron chi connectivity index (χ1n) is 8.43. The van der Waals surface area contributed by atoms with Crippen LogP contribution in [0.1, 0.15) is 36.3 Å². The summed E-state index contributed by atoms with van der Waals surface area (Å²) in [6.45, 7) is 3.50. The maximum absolute atomic E-state index is 12.3. The third-order valence-electron chi connectivity index (χ3n) is 4.21. The minimum atomic E-state index is -0.684. The largest absolute Gasteiger partial charge is 0.339 e. The van der Waals surface area contributed by atoms with Crippen LogP contribution in [0.15, 0.2) is 36.5 Å². The Kier molecular flexibility index (Phi) is 7.11. The number of anilines is 1. The van der Waals surface area contributed by atoms with E-state index in [2.05, 4.69) is 26.3 Å². The molecule has 1 unspecified atom stereocenters. The number of carbonyl (C=O) groups is 2. The Morgan fingerprint density at radius 2 is 1.92 bits per heavy atom. The molecular formula is C17H23ClN6O2. The van der Waals surface area contributed by atoms with Gasteiger partial charge in [-0.3, -0.25) is 9.59 Å². The predicted molar refractivity (Wildman–Crippen MR) is 100 cm³/mol. The van der Waals surface area contributed by atoms with Crippen molar-refractivity contribution < 1.29 is 9.59 Å². The molecular weight excluding hydrogens is 356 g/mol. The highest BCUT2D eigenvalue weighted by atomic mass is 35.5. The number of rotatable bonds is 5. The predicted octanol–water partition coefficient (Wildman–Crippen LogP) is 1.38. The minimum Gasteiger partial charge on any atom is -0.339 e. The van der Waals surface area contributed by atoms with Crippen LogP contribution < -0.4 is 16.0 Å². The van der Waals surface area contributed by atoms with Crippen LogP contribution in [0.5, 0.6) is 0 Å². The van der Waals surface area contributed by atoms with Gasteiger partial charge in [0, 0.05) is 5.69 Å². The fourth-order valence-corrected chi connectivity index (χ4v) is 2.74. The Balaban J connectivity index is 0.00000243. The number of halogens is 1. The normalized spacial score (nSPS) is 15.6. The highest BCUT2D eigenvalue weighted by Crippen LogP contribution is 2.17. The second-order valence-electron chi connectivity index (χ2n) is 6.12. The summed E-state index contributed by atoms with van der Waals surface area (Å²) < 4.78 is 1.74. The second kappa shape index (κ2) is 9.30. The number of para-hydroxylation sites is 1. The summed E-state index contributed by atoms with van der Waals surface area (Å²) in [4.78, 5) is 24.4. The van der Waals surface area contributed by atoms with Crippen molar-refractivity contribution >= 4 is 29.9 Å². The van der Waals surface area contributed by atoms with Gasteiger partial charge in [-0.2, -0.15) is 0 Å². The molecule has 1 saturated heterocycles. The summed E-state index contributed by atoms with van der Waals surface area (Å²) in [5.41, 5.74) is 0.906. The Morgan fingerprint density at radius 1 is 1.23 bits per heavy atom. The first-order chi connectivity index (χ1) is 12.1. The molecule has 1 aliphatic rings. The van der Waals surface area contributed by atoms with Gasteiger partial charge in [0.15, 0.2) is 5.69 Å². The highest BCUT2D eigenvalue weighted by Gasteiger charge is 2.21. The van der Waals surface area contributed by atoms with Crippen LogP contribution in [0.2, 0.25) is 0 Å². The fraction of sp³-hybridized carbons (Fsp3) is 0.412. The number of aromatic nitrogens is 3. The Labute approximate surface area is 158 Å². The van der Waals surface area contributed by atoms with E-state index < -0.39 is 11.9 Å². The van der Waals surface area contributed by atoms with Gasteiger partial charge in [-0.15, -0.1) is 17.5 Å². The highest BCUT2D eigenvalue weighted by molar-refractivity contribution is 6.00. The van der Waals surface area contributed by atoms with Gasteiger partial charge in [-0.25, -0.2) is 4.68 Å².